The topological polar surface area (TPSA) is 69.6 Å². The smallest absolute Gasteiger partial charge is 0.326 e. The Bertz CT molecular complexity index is 501. The predicted octanol–water partition coefficient (Wildman–Crippen LogP) is 1.98. The van der Waals surface area contributed by atoms with Crippen LogP contribution in [0.3, 0.4) is 0 Å². The van der Waals surface area contributed by atoms with Crippen LogP contribution in [-0.2, 0) is 11.3 Å². The number of carbonyl (C=O) groups is 2. The zero-order valence-corrected chi connectivity index (χ0v) is 13.3. The van der Waals surface area contributed by atoms with Crippen molar-refractivity contribution in [2.45, 2.75) is 33.4 Å². The van der Waals surface area contributed by atoms with E-state index in [1.807, 2.05) is 31.1 Å². The Morgan fingerprint density at radius 3 is 2.10 bits per heavy atom. The summed E-state index contributed by atoms with van der Waals surface area (Å²) in [5.41, 5.74) is 1.02. The fraction of sp³-hybridized carbons (Fsp3) is 0.500. The molecule has 0 aliphatic rings. The number of carboxylic acid groups (broad SMARTS) is 1. The number of rotatable bonds is 5. The molecular weight excluding hydrogens is 268 g/mol. The molecular formula is C16H24N2O3. The van der Waals surface area contributed by atoms with Crippen molar-refractivity contribution in [3.63, 3.8) is 0 Å². The fourth-order valence-electron chi connectivity index (χ4n) is 1.99. The summed E-state index contributed by atoms with van der Waals surface area (Å²) in [6.07, 6.45) is 0. The Kier molecular flexibility index (Phi) is 5.49. The van der Waals surface area contributed by atoms with E-state index < -0.39 is 17.4 Å². The SMILES string of the molecule is CN(C)Cc1ccc(C(=O)N[C@H](C(=O)O)C(C)(C)C)cc1. The number of hydrogen-bond donors (Lipinski definition) is 2. The van der Waals surface area contributed by atoms with Crippen LogP contribution in [-0.4, -0.2) is 42.0 Å². The molecule has 0 radical (unpaired) electrons. The third kappa shape index (κ3) is 5.19. The van der Waals surface area contributed by atoms with Crippen LogP contribution < -0.4 is 5.32 Å². The highest BCUT2D eigenvalue weighted by atomic mass is 16.4. The third-order valence-corrected chi connectivity index (χ3v) is 3.10. The summed E-state index contributed by atoms with van der Waals surface area (Å²) < 4.78 is 0. The van der Waals surface area contributed by atoms with Crippen LogP contribution in [0, 0.1) is 5.41 Å². The van der Waals surface area contributed by atoms with Gasteiger partial charge in [0.15, 0.2) is 0 Å². The molecule has 0 saturated carbocycles. The van der Waals surface area contributed by atoms with E-state index in [0.717, 1.165) is 12.1 Å². The van der Waals surface area contributed by atoms with Crippen LogP contribution in [0.5, 0.6) is 0 Å². The van der Waals surface area contributed by atoms with E-state index in [9.17, 15) is 14.7 Å². The van der Waals surface area contributed by atoms with Crippen molar-refractivity contribution in [2.24, 2.45) is 5.41 Å². The third-order valence-electron chi connectivity index (χ3n) is 3.10. The second kappa shape index (κ2) is 6.72. The Hall–Kier alpha value is -1.88. The van der Waals surface area contributed by atoms with Gasteiger partial charge in [0.1, 0.15) is 6.04 Å². The molecule has 0 aliphatic carbocycles. The van der Waals surface area contributed by atoms with Gasteiger partial charge in [-0.1, -0.05) is 32.9 Å². The monoisotopic (exact) mass is 292 g/mol. The van der Waals surface area contributed by atoms with Crippen molar-refractivity contribution in [2.75, 3.05) is 14.1 Å². The van der Waals surface area contributed by atoms with Crippen LogP contribution >= 0.6 is 0 Å². The van der Waals surface area contributed by atoms with Crippen LogP contribution in [0.1, 0.15) is 36.7 Å². The highest BCUT2D eigenvalue weighted by Crippen LogP contribution is 2.20. The number of amides is 1. The van der Waals surface area contributed by atoms with Gasteiger partial charge >= 0.3 is 5.97 Å². The molecule has 1 rings (SSSR count). The molecule has 5 heteroatoms. The molecule has 0 aromatic heterocycles. The molecule has 1 aromatic carbocycles. The summed E-state index contributed by atoms with van der Waals surface area (Å²) >= 11 is 0. The van der Waals surface area contributed by atoms with Gasteiger partial charge in [-0.3, -0.25) is 4.79 Å². The second-order valence-corrected chi connectivity index (χ2v) is 6.55. The first-order valence-electron chi connectivity index (χ1n) is 6.88. The van der Waals surface area contributed by atoms with Crippen molar-refractivity contribution >= 4 is 11.9 Å². The molecule has 0 aliphatic heterocycles. The molecule has 21 heavy (non-hydrogen) atoms. The lowest BCUT2D eigenvalue weighted by atomic mass is 9.86. The summed E-state index contributed by atoms with van der Waals surface area (Å²) in [7, 11) is 3.95. The Labute approximate surface area is 126 Å². The molecule has 5 nitrogen and oxygen atoms in total. The van der Waals surface area contributed by atoms with Crippen molar-refractivity contribution in [1.29, 1.82) is 0 Å². The Morgan fingerprint density at radius 2 is 1.71 bits per heavy atom. The number of carboxylic acids is 1. The molecule has 0 bridgehead atoms. The number of nitrogens with zero attached hydrogens (tertiary/aromatic N) is 1. The lowest BCUT2D eigenvalue weighted by Crippen LogP contribution is -2.49. The van der Waals surface area contributed by atoms with Gasteiger partial charge in [-0.15, -0.1) is 0 Å². The second-order valence-electron chi connectivity index (χ2n) is 6.55. The summed E-state index contributed by atoms with van der Waals surface area (Å²) in [4.78, 5) is 25.5. The summed E-state index contributed by atoms with van der Waals surface area (Å²) in [5, 5.41) is 11.8. The first-order valence-corrected chi connectivity index (χ1v) is 6.88. The molecule has 1 atom stereocenters. The quantitative estimate of drug-likeness (QED) is 0.870. The molecule has 2 N–H and O–H groups in total. The van der Waals surface area contributed by atoms with Crippen molar-refractivity contribution in [1.82, 2.24) is 10.2 Å². The zero-order valence-electron chi connectivity index (χ0n) is 13.3. The zero-order chi connectivity index (χ0) is 16.2. The molecule has 0 spiro atoms. The first-order chi connectivity index (χ1) is 9.61. The normalized spacial score (nSPS) is 13.0. The van der Waals surface area contributed by atoms with Crippen molar-refractivity contribution in [3.05, 3.63) is 35.4 Å². The number of nitrogens with one attached hydrogen (secondary N) is 1. The number of benzene rings is 1. The Morgan fingerprint density at radius 1 is 1.19 bits per heavy atom. The Balaban J connectivity index is 2.81. The van der Waals surface area contributed by atoms with E-state index >= 15 is 0 Å². The lowest BCUT2D eigenvalue weighted by molar-refractivity contribution is -0.142. The van der Waals surface area contributed by atoms with Gasteiger partial charge in [-0.05, 0) is 37.2 Å². The van der Waals surface area contributed by atoms with E-state index in [1.165, 1.54) is 0 Å². The van der Waals surface area contributed by atoms with Gasteiger partial charge in [-0.25, -0.2) is 4.79 Å². The number of hydrogen-bond acceptors (Lipinski definition) is 3. The minimum Gasteiger partial charge on any atom is -0.480 e. The van der Waals surface area contributed by atoms with E-state index in [1.54, 1.807) is 32.9 Å². The van der Waals surface area contributed by atoms with Gasteiger partial charge in [-0.2, -0.15) is 0 Å². The van der Waals surface area contributed by atoms with Crippen LogP contribution in [0.4, 0.5) is 0 Å². The van der Waals surface area contributed by atoms with Crippen molar-refractivity contribution < 1.29 is 14.7 Å². The molecule has 116 valence electrons. The minimum atomic E-state index is -1.03. The van der Waals surface area contributed by atoms with E-state index in [2.05, 4.69) is 5.32 Å². The first kappa shape index (κ1) is 17.2. The van der Waals surface area contributed by atoms with Crippen LogP contribution in [0.25, 0.3) is 0 Å². The average molecular weight is 292 g/mol. The van der Waals surface area contributed by atoms with E-state index in [4.69, 9.17) is 0 Å². The van der Waals surface area contributed by atoms with Crippen LogP contribution in [0.2, 0.25) is 0 Å². The van der Waals surface area contributed by atoms with Gasteiger partial charge in [0.2, 0.25) is 0 Å². The maximum absolute atomic E-state index is 12.2. The van der Waals surface area contributed by atoms with Gasteiger partial charge < -0.3 is 15.3 Å². The highest BCUT2D eigenvalue weighted by molar-refractivity contribution is 5.96. The molecule has 0 unspecified atom stereocenters. The predicted molar refractivity (Wildman–Crippen MR) is 82.2 cm³/mol. The minimum absolute atomic E-state index is 0.367. The van der Waals surface area contributed by atoms with Gasteiger partial charge in [0.25, 0.3) is 5.91 Å². The highest BCUT2D eigenvalue weighted by Gasteiger charge is 2.32. The van der Waals surface area contributed by atoms with E-state index in [-0.39, 0.29) is 5.91 Å². The molecule has 0 heterocycles. The summed E-state index contributed by atoms with van der Waals surface area (Å²) in [6.45, 7) is 6.15. The largest absolute Gasteiger partial charge is 0.480 e. The fourth-order valence-corrected chi connectivity index (χ4v) is 1.99. The average Bonchev–Trinajstić information content (AvgIpc) is 2.34. The molecule has 1 aromatic rings. The summed E-state index contributed by atoms with van der Waals surface area (Å²) in [6, 6.07) is 6.26. The standard InChI is InChI=1S/C16H24N2O3/c1-16(2,3)13(15(20)21)17-14(19)12-8-6-11(7-9-12)10-18(4)5/h6-9,13H,10H2,1-5H3,(H,17,19)(H,20,21)/t13-/m1/s1. The molecule has 0 saturated heterocycles. The maximum atomic E-state index is 12.2. The van der Waals surface area contributed by atoms with Crippen LogP contribution in [0.15, 0.2) is 24.3 Å². The number of aliphatic carboxylic acids is 1. The molecule has 1 amide bonds. The lowest BCUT2D eigenvalue weighted by Gasteiger charge is -2.27. The van der Waals surface area contributed by atoms with Crippen molar-refractivity contribution in [3.8, 4) is 0 Å². The van der Waals surface area contributed by atoms with Gasteiger partial charge in [0, 0.05) is 12.1 Å². The number of carbonyl (C=O) groups excluding carboxylic acids is 1. The van der Waals surface area contributed by atoms with Gasteiger partial charge in [0.05, 0.1) is 0 Å². The summed E-state index contributed by atoms with van der Waals surface area (Å²) in [5.74, 6) is -1.39. The molecule has 0 fully saturated rings. The maximum Gasteiger partial charge on any atom is 0.326 e. The van der Waals surface area contributed by atoms with E-state index in [0.29, 0.717) is 5.56 Å².